The van der Waals surface area contributed by atoms with Crippen LogP contribution < -0.4 is 19.7 Å². The number of hydrogen-bond donors (Lipinski definition) is 2. The Bertz CT molecular complexity index is 1700. The van der Waals surface area contributed by atoms with Crippen molar-refractivity contribution in [1.29, 1.82) is 0 Å². The van der Waals surface area contributed by atoms with Crippen LogP contribution in [0.15, 0.2) is 30.3 Å². The highest BCUT2D eigenvalue weighted by Crippen LogP contribution is 2.46. The van der Waals surface area contributed by atoms with E-state index >= 15 is 8.78 Å². The minimum atomic E-state index is -0.852. The number of halogens is 2. The molecule has 1 aromatic heterocycles. The van der Waals surface area contributed by atoms with Gasteiger partial charge in [-0.25, -0.2) is 8.78 Å². The van der Waals surface area contributed by atoms with Gasteiger partial charge in [-0.1, -0.05) is 25.1 Å². The number of aromatic nitrogens is 2. The minimum Gasteiger partial charge on any atom is -0.508 e. The van der Waals surface area contributed by atoms with E-state index in [9.17, 15) is 5.11 Å². The van der Waals surface area contributed by atoms with Crippen molar-refractivity contribution in [2.45, 2.75) is 57.2 Å². The highest BCUT2D eigenvalue weighted by molar-refractivity contribution is 6.05. The van der Waals surface area contributed by atoms with Gasteiger partial charge in [0.1, 0.15) is 23.7 Å². The number of nitrogens with one attached hydrogen (secondary N) is 1. The van der Waals surface area contributed by atoms with Gasteiger partial charge in [0, 0.05) is 31.2 Å². The second kappa shape index (κ2) is 11.1. The fourth-order valence-electron chi connectivity index (χ4n) is 7.27. The van der Waals surface area contributed by atoms with Crippen molar-refractivity contribution in [2.75, 3.05) is 45.3 Å². The van der Waals surface area contributed by atoms with Gasteiger partial charge in [-0.3, -0.25) is 0 Å². The van der Waals surface area contributed by atoms with Crippen LogP contribution in [0.1, 0.15) is 38.2 Å². The van der Waals surface area contributed by atoms with E-state index in [1.165, 1.54) is 13.2 Å². The van der Waals surface area contributed by atoms with Crippen LogP contribution in [0, 0.1) is 11.6 Å². The molecule has 3 saturated heterocycles. The summed E-state index contributed by atoms with van der Waals surface area (Å²) in [4.78, 5) is 13.7. The van der Waals surface area contributed by atoms with Gasteiger partial charge in [-0.15, -0.1) is 0 Å². The molecule has 2 N–H and O–H groups in total. The Labute approximate surface area is 249 Å². The van der Waals surface area contributed by atoms with Crippen molar-refractivity contribution in [1.82, 2.24) is 20.2 Å². The summed E-state index contributed by atoms with van der Waals surface area (Å²) in [6, 6.07) is 9.48. The smallest absolute Gasteiger partial charge is 0.319 e. The van der Waals surface area contributed by atoms with E-state index in [1.54, 1.807) is 6.07 Å². The standard InChI is InChI=1S/C33H37F2N5O3/c1-4-18-7-5-8-19-13-23(41)14-24(25(18)19)26-28(34)30-27(31(42-3)29(26)35)32(40-15-20-10-11-21(16-40)36-20)38-33(37-30)43-17-22-9-6-12-39(22)2/h5,7-8,13-14,20-22,36,41H,4,6,9-12,15-17H2,1-3H3/t20?,21?,22-/m0/s1. The molecule has 0 aliphatic carbocycles. The van der Waals surface area contributed by atoms with Crippen LogP contribution in [-0.4, -0.2) is 78.5 Å². The molecule has 3 fully saturated rings. The van der Waals surface area contributed by atoms with E-state index < -0.39 is 11.6 Å². The molecular weight excluding hydrogens is 552 g/mol. The van der Waals surface area contributed by atoms with Gasteiger partial charge in [0.2, 0.25) is 0 Å². The van der Waals surface area contributed by atoms with Crippen LogP contribution in [0.4, 0.5) is 14.6 Å². The van der Waals surface area contributed by atoms with Gasteiger partial charge in [0.25, 0.3) is 0 Å². The molecule has 7 rings (SSSR count). The fourth-order valence-corrected chi connectivity index (χ4v) is 7.27. The Morgan fingerprint density at radius 1 is 1.05 bits per heavy atom. The highest BCUT2D eigenvalue weighted by atomic mass is 19.1. The van der Waals surface area contributed by atoms with Gasteiger partial charge in [-0.2, -0.15) is 9.97 Å². The molecule has 43 heavy (non-hydrogen) atoms. The number of aryl methyl sites for hydroxylation is 1. The number of fused-ring (bicyclic) bond motifs is 4. The maximum atomic E-state index is 17.0. The Hall–Kier alpha value is -3.76. The SMILES string of the molecule is CCc1cccc2cc(O)cc(-c3c(F)c(OC)c4c(N5CC6CCC(C5)N6)nc(OC[C@@H]5CCCN5C)nc4c3F)c12. The predicted octanol–water partition coefficient (Wildman–Crippen LogP) is 5.42. The van der Waals surface area contributed by atoms with Crippen LogP contribution in [-0.2, 0) is 6.42 Å². The number of likely N-dealkylation sites (N-methyl/N-ethyl adjacent to an activating group) is 1. The zero-order chi connectivity index (χ0) is 29.8. The monoisotopic (exact) mass is 589 g/mol. The molecule has 2 bridgehead atoms. The largest absolute Gasteiger partial charge is 0.508 e. The summed E-state index contributed by atoms with van der Waals surface area (Å²) in [5.41, 5.74) is 0.801. The fraction of sp³-hybridized carbons (Fsp3) is 0.455. The summed E-state index contributed by atoms with van der Waals surface area (Å²) in [5, 5.41) is 15.8. The summed E-state index contributed by atoms with van der Waals surface area (Å²) in [5.74, 6) is -1.49. The van der Waals surface area contributed by atoms with E-state index in [2.05, 4.69) is 27.1 Å². The minimum absolute atomic E-state index is 0.0576. The summed E-state index contributed by atoms with van der Waals surface area (Å²) >= 11 is 0. The third-order valence-corrected chi connectivity index (χ3v) is 9.44. The van der Waals surface area contributed by atoms with Gasteiger partial charge < -0.3 is 29.7 Å². The van der Waals surface area contributed by atoms with E-state index in [-0.39, 0.29) is 57.7 Å². The lowest BCUT2D eigenvalue weighted by Gasteiger charge is -2.34. The Balaban J connectivity index is 1.47. The van der Waals surface area contributed by atoms with Crippen molar-refractivity contribution >= 4 is 27.5 Å². The molecule has 3 aliphatic heterocycles. The Morgan fingerprint density at radius 3 is 2.53 bits per heavy atom. The zero-order valence-corrected chi connectivity index (χ0v) is 24.8. The average Bonchev–Trinajstić information content (AvgIpc) is 3.58. The number of rotatable bonds is 7. The first-order valence-electron chi connectivity index (χ1n) is 15.2. The summed E-state index contributed by atoms with van der Waals surface area (Å²) in [6.45, 7) is 4.66. The third kappa shape index (κ3) is 4.80. The number of phenols is 1. The molecule has 3 aromatic carbocycles. The molecule has 4 aromatic rings. The van der Waals surface area contributed by atoms with E-state index in [4.69, 9.17) is 14.5 Å². The molecule has 10 heteroatoms. The predicted molar refractivity (Wildman–Crippen MR) is 163 cm³/mol. The number of anilines is 1. The van der Waals surface area contributed by atoms with E-state index in [0.717, 1.165) is 37.8 Å². The van der Waals surface area contributed by atoms with Crippen LogP contribution in [0.2, 0.25) is 0 Å². The third-order valence-electron chi connectivity index (χ3n) is 9.44. The van der Waals surface area contributed by atoms with Gasteiger partial charge in [-0.05, 0) is 79.7 Å². The molecule has 3 atom stereocenters. The molecule has 4 heterocycles. The van der Waals surface area contributed by atoms with Crippen molar-refractivity contribution in [2.24, 2.45) is 0 Å². The quantitative estimate of drug-likeness (QED) is 0.296. The number of nitrogens with zero attached hydrogens (tertiary/aromatic N) is 4. The topological polar surface area (TPSA) is 83.0 Å². The normalized spacial score (nSPS) is 22.2. The lowest BCUT2D eigenvalue weighted by molar-refractivity contribution is 0.188. The number of benzene rings is 3. The van der Waals surface area contributed by atoms with Crippen molar-refractivity contribution in [3.8, 4) is 28.6 Å². The van der Waals surface area contributed by atoms with E-state index in [1.807, 2.05) is 25.1 Å². The van der Waals surface area contributed by atoms with Crippen LogP contribution in [0.25, 0.3) is 32.8 Å². The number of ether oxygens (including phenoxy) is 2. The van der Waals surface area contributed by atoms with Crippen LogP contribution in [0.5, 0.6) is 17.5 Å². The maximum Gasteiger partial charge on any atom is 0.319 e. The average molecular weight is 590 g/mol. The molecule has 0 radical (unpaired) electrons. The maximum absolute atomic E-state index is 17.0. The first kappa shape index (κ1) is 28.0. The first-order valence-corrected chi connectivity index (χ1v) is 15.2. The highest BCUT2D eigenvalue weighted by Gasteiger charge is 2.36. The van der Waals surface area contributed by atoms with Crippen molar-refractivity contribution in [3.05, 3.63) is 47.5 Å². The van der Waals surface area contributed by atoms with Gasteiger partial charge >= 0.3 is 6.01 Å². The number of aromatic hydroxyl groups is 1. The zero-order valence-electron chi connectivity index (χ0n) is 24.8. The second-order valence-corrected chi connectivity index (χ2v) is 12.1. The number of likely N-dealkylation sites (tertiary alicyclic amines) is 1. The molecule has 0 saturated carbocycles. The summed E-state index contributed by atoms with van der Waals surface area (Å²) in [6.07, 6.45) is 4.81. The number of hydrogen-bond acceptors (Lipinski definition) is 8. The molecule has 0 amide bonds. The number of methoxy groups -OCH3 is 1. The Morgan fingerprint density at radius 2 is 1.84 bits per heavy atom. The summed E-state index contributed by atoms with van der Waals surface area (Å²) < 4.78 is 45.5. The first-order chi connectivity index (χ1) is 20.9. The van der Waals surface area contributed by atoms with Crippen molar-refractivity contribution in [3.63, 3.8) is 0 Å². The van der Waals surface area contributed by atoms with Crippen LogP contribution >= 0.6 is 0 Å². The summed E-state index contributed by atoms with van der Waals surface area (Å²) in [7, 11) is 3.44. The lowest BCUT2D eigenvalue weighted by Crippen LogP contribution is -2.51. The Kier molecular flexibility index (Phi) is 7.21. The molecular formula is C33H37F2N5O3. The second-order valence-electron chi connectivity index (χ2n) is 12.1. The number of piperazine rings is 1. The van der Waals surface area contributed by atoms with Gasteiger partial charge in [0.05, 0.1) is 18.1 Å². The lowest BCUT2D eigenvalue weighted by atomic mass is 9.91. The molecule has 3 aliphatic rings. The van der Waals surface area contributed by atoms with Gasteiger partial charge in [0.15, 0.2) is 17.4 Å². The molecule has 8 nitrogen and oxygen atoms in total. The number of phenolic OH excluding ortho intramolecular Hbond substituents is 1. The van der Waals surface area contributed by atoms with Crippen molar-refractivity contribution < 1.29 is 23.4 Å². The van der Waals surface area contributed by atoms with Crippen LogP contribution in [0.3, 0.4) is 0 Å². The molecule has 2 unspecified atom stereocenters. The molecule has 0 spiro atoms. The van der Waals surface area contributed by atoms with E-state index in [0.29, 0.717) is 42.7 Å². The molecule has 226 valence electrons.